The van der Waals surface area contributed by atoms with Gasteiger partial charge in [-0.15, -0.1) is 24.0 Å². The third-order valence-corrected chi connectivity index (χ3v) is 3.73. The molecule has 24 heavy (non-hydrogen) atoms. The first-order chi connectivity index (χ1) is 11.2. The van der Waals surface area contributed by atoms with Crippen molar-refractivity contribution < 1.29 is 4.74 Å². The fourth-order valence-corrected chi connectivity index (χ4v) is 2.35. The van der Waals surface area contributed by atoms with Crippen LogP contribution in [0, 0.1) is 0 Å². The number of methoxy groups -OCH3 is 1. The number of hydrogen-bond acceptors (Lipinski definition) is 2. The van der Waals surface area contributed by atoms with Crippen molar-refractivity contribution in [2.45, 2.75) is 13.0 Å². The maximum absolute atomic E-state index is 5.89. The van der Waals surface area contributed by atoms with Gasteiger partial charge in [-0.1, -0.05) is 41.9 Å². The summed E-state index contributed by atoms with van der Waals surface area (Å²) in [5.74, 6) is 1.64. The van der Waals surface area contributed by atoms with Crippen LogP contribution in [0.5, 0.6) is 5.75 Å². The number of para-hydroxylation sites is 1. The Labute approximate surface area is 165 Å². The highest BCUT2D eigenvalue weighted by Crippen LogP contribution is 2.16. The third kappa shape index (κ3) is 6.57. The second-order valence-electron chi connectivity index (χ2n) is 5.04. The summed E-state index contributed by atoms with van der Waals surface area (Å²) in [5, 5.41) is 7.36. The minimum absolute atomic E-state index is 0. The van der Waals surface area contributed by atoms with Crippen LogP contribution in [0.2, 0.25) is 5.02 Å². The smallest absolute Gasteiger partial charge is 0.191 e. The van der Waals surface area contributed by atoms with Gasteiger partial charge in [-0.2, -0.15) is 0 Å². The van der Waals surface area contributed by atoms with Crippen molar-refractivity contribution in [2.24, 2.45) is 4.99 Å². The lowest BCUT2D eigenvalue weighted by molar-refractivity contribution is 0.409. The zero-order chi connectivity index (χ0) is 16.5. The van der Waals surface area contributed by atoms with Gasteiger partial charge in [0.2, 0.25) is 0 Å². The molecule has 0 atom stereocenters. The Hall–Kier alpha value is -1.47. The predicted octanol–water partition coefficient (Wildman–Crippen LogP) is 3.87. The summed E-state index contributed by atoms with van der Waals surface area (Å²) in [5.41, 5.74) is 2.33. The summed E-state index contributed by atoms with van der Waals surface area (Å²) < 4.78 is 5.35. The third-order valence-electron chi connectivity index (χ3n) is 3.48. The van der Waals surface area contributed by atoms with Crippen LogP contribution in [-0.4, -0.2) is 26.7 Å². The van der Waals surface area contributed by atoms with E-state index < -0.39 is 0 Å². The van der Waals surface area contributed by atoms with Gasteiger partial charge in [0.1, 0.15) is 5.75 Å². The minimum Gasteiger partial charge on any atom is -0.496 e. The van der Waals surface area contributed by atoms with Crippen molar-refractivity contribution in [1.82, 2.24) is 10.6 Å². The van der Waals surface area contributed by atoms with Crippen molar-refractivity contribution in [3.63, 3.8) is 0 Å². The number of nitrogens with one attached hydrogen (secondary N) is 2. The first kappa shape index (κ1) is 20.6. The molecule has 2 rings (SSSR count). The molecule has 0 fully saturated rings. The van der Waals surface area contributed by atoms with Gasteiger partial charge in [-0.05, 0) is 30.2 Å². The van der Waals surface area contributed by atoms with Crippen LogP contribution in [-0.2, 0) is 13.0 Å². The Balaban J connectivity index is 0.00000288. The van der Waals surface area contributed by atoms with Gasteiger partial charge in [0.15, 0.2) is 5.96 Å². The number of rotatable bonds is 6. The van der Waals surface area contributed by atoms with Crippen molar-refractivity contribution in [2.75, 3.05) is 20.7 Å². The summed E-state index contributed by atoms with van der Waals surface area (Å²) >= 11 is 5.89. The Kier molecular flexibility index (Phi) is 9.56. The largest absolute Gasteiger partial charge is 0.496 e. The predicted molar refractivity (Wildman–Crippen MR) is 112 cm³/mol. The van der Waals surface area contributed by atoms with Gasteiger partial charge in [0, 0.05) is 30.7 Å². The molecule has 4 nitrogen and oxygen atoms in total. The van der Waals surface area contributed by atoms with Crippen molar-refractivity contribution in [3.8, 4) is 5.75 Å². The number of halogens is 2. The molecule has 0 aromatic heterocycles. The lowest BCUT2D eigenvalue weighted by Gasteiger charge is -2.13. The molecule has 130 valence electrons. The standard InChI is InChI=1S/C18H22ClN3O.HI/c1-20-18(21-12-11-14-7-9-16(19)10-8-14)22-13-15-5-3-4-6-17(15)23-2;/h3-10H,11-13H2,1-2H3,(H2,20,21,22);1H. The highest BCUT2D eigenvalue weighted by Gasteiger charge is 2.03. The van der Waals surface area contributed by atoms with E-state index in [9.17, 15) is 0 Å². The Morgan fingerprint density at radius 2 is 1.79 bits per heavy atom. The van der Waals surface area contributed by atoms with Gasteiger partial charge >= 0.3 is 0 Å². The summed E-state index contributed by atoms with van der Waals surface area (Å²) in [6, 6.07) is 15.8. The summed E-state index contributed by atoms with van der Waals surface area (Å²) in [6.45, 7) is 1.46. The molecule has 0 amide bonds. The zero-order valence-electron chi connectivity index (χ0n) is 13.9. The molecule has 0 bridgehead atoms. The van der Waals surface area contributed by atoms with E-state index in [2.05, 4.69) is 15.6 Å². The first-order valence-electron chi connectivity index (χ1n) is 7.54. The molecule has 0 saturated heterocycles. The van der Waals surface area contributed by atoms with E-state index in [-0.39, 0.29) is 24.0 Å². The number of hydrogen-bond donors (Lipinski definition) is 2. The maximum Gasteiger partial charge on any atom is 0.191 e. The van der Waals surface area contributed by atoms with Crippen molar-refractivity contribution in [1.29, 1.82) is 0 Å². The van der Waals surface area contributed by atoms with E-state index in [4.69, 9.17) is 16.3 Å². The van der Waals surface area contributed by atoms with Crippen molar-refractivity contribution in [3.05, 3.63) is 64.7 Å². The van der Waals surface area contributed by atoms with E-state index in [1.165, 1.54) is 5.56 Å². The lowest BCUT2D eigenvalue weighted by Crippen LogP contribution is -2.37. The number of guanidine groups is 1. The van der Waals surface area contributed by atoms with Crippen LogP contribution in [0.1, 0.15) is 11.1 Å². The van der Waals surface area contributed by atoms with Crippen LogP contribution in [0.15, 0.2) is 53.5 Å². The monoisotopic (exact) mass is 459 g/mol. The van der Waals surface area contributed by atoms with Crippen LogP contribution >= 0.6 is 35.6 Å². The molecule has 2 aromatic rings. The van der Waals surface area contributed by atoms with Crippen LogP contribution in [0.3, 0.4) is 0 Å². The fraction of sp³-hybridized carbons (Fsp3) is 0.278. The number of aliphatic imine (C=N–C) groups is 1. The summed E-state index contributed by atoms with van der Waals surface area (Å²) in [6.07, 6.45) is 0.909. The van der Waals surface area contributed by atoms with Crippen LogP contribution in [0.4, 0.5) is 0 Å². The molecule has 0 spiro atoms. The molecule has 2 aromatic carbocycles. The van der Waals surface area contributed by atoms with Gasteiger partial charge in [-0.3, -0.25) is 4.99 Å². The molecule has 6 heteroatoms. The average Bonchev–Trinajstić information content (AvgIpc) is 2.59. The van der Waals surface area contributed by atoms with Gasteiger partial charge in [0.05, 0.1) is 7.11 Å². The molecule has 0 aliphatic rings. The van der Waals surface area contributed by atoms with Crippen LogP contribution < -0.4 is 15.4 Å². The molecule has 2 N–H and O–H groups in total. The lowest BCUT2D eigenvalue weighted by atomic mass is 10.1. The van der Waals surface area contributed by atoms with E-state index >= 15 is 0 Å². The number of ether oxygens (including phenoxy) is 1. The molecular formula is C18H23ClIN3O. The zero-order valence-corrected chi connectivity index (χ0v) is 17.0. The quantitative estimate of drug-likeness (QED) is 0.392. The molecule has 0 aliphatic carbocycles. The number of nitrogens with zero attached hydrogens (tertiary/aromatic N) is 1. The van der Waals surface area contributed by atoms with Gasteiger partial charge < -0.3 is 15.4 Å². The molecule has 0 radical (unpaired) electrons. The maximum atomic E-state index is 5.89. The van der Waals surface area contributed by atoms with Crippen molar-refractivity contribution >= 4 is 41.5 Å². The van der Waals surface area contributed by atoms with E-state index in [1.807, 2.05) is 48.5 Å². The minimum atomic E-state index is 0. The molecule has 0 aliphatic heterocycles. The van der Waals surface area contributed by atoms with E-state index in [0.717, 1.165) is 35.3 Å². The second kappa shape index (κ2) is 11.1. The van der Waals surface area contributed by atoms with E-state index in [1.54, 1.807) is 14.2 Å². The Morgan fingerprint density at radius 1 is 1.08 bits per heavy atom. The summed E-state index contributed by atoms with van der Waals surface area (Å²) in [7, 11) is 3.44. The normalized spacial score (nSPS) is 10.7. The summed E-state index contributed by atoms with van der Waals surface area (Å²) in [4.78, 5) is 4.24. The Morgan fingerprint density at radius 3 is 2.46 bits per heavy atom. The molecule has 0 saturated carbocycles. The number of benzene rings is 2. The van der Waals surface area contributed by atoms with E-state index in [0.29, 0.717) is 6.54 Å². The molecule has 0 heterocycles. The van der Waals surface area contributed by atoms with Gasteiger partial charge in [-0.25, -0.2) is 0 Å². The molecular weight excluding hydrogens is 437 g/mol. The molecule has 0 unspecified atom stereocenters. The first-order valence-corrected chi connectivity index (χ1v) is 7.91. The SMILES string of the molecule is CN=C(NCCc1ccc(Cl)cc1)NCc1ccccc1OC.I. The Bertz CT molecular complexity index is 647. The highest BCUT2D eigenvalue weighted by molar-refractivity contribution is 14.0. The van der Waals surface area contributed by atoms with Crippen LogP contribution in [0.25, 0.3) is 0 Å². The highest BCUT2D eigenvalue weighted by atomic mass is 127. The van der Waals surface area contributed by atoms with Gasteiger partial charge in [0.25, 0.3) is 0 Å². The fourth-order valence-electron chi connectivity index (χ4n) is 2.22. The average molecular weight is 460 g/mol. The second-order valence-corrected chi connectivity index (χ2v) is 5.48. The topological polar surface area (TPSA) is 45.7 Å².